The van der Waals surface area contributed by atoms with Crippen molar-refractivity contribution in [3.8, 4) is 11.6 Å². The third-order valence-electron chi connectivity index (χ3n) is 4.71. The molecule has 2 N–H and O–H groups in total. The number of pyridine rings is 1. The van der Waals surface area contributed by atoms with Crippen LogP contribution in [-0.4, -0.2) is 21.4 Å². The number of halogens is 4. The number of carbonyl (C=O) groups is 1. The lowest BCUT2D eigenvalue weighted by Gasteiger charge is -2.15. The SMILES string of the molecule is CCCc1cc(F)ccc1Oc1ncc(C(F)(F)F)cc1C(=O)Nc1cccc([S@](C)(=N)=O)c1. The number of anilines is 1. The largest absolute Gasteiger partial charge is 0.438 e. The lowest BCUT2D eigenvalue weighted by atomic mass is 10.1. The zero-order valence-electron chi connectivity index (χ0n) is 18.2. The summed E-state index contributed by atoms with van der Waals surface area (Å²) in [5.41, 5.74) is -1.07. The van der Waals surface area contributed by atoms with Gasteiger partial charge in [-0.3, -0.25) is 4.79 Å². The Morgan fingerprint density at radius 2 is 1.91 bits per heavy atom. The third kappa shape index (κ3) is 6.10. The molecule has 34 heavy (non-hydrogen) atoms. The molecule has 0 spiro atoms. The molecule has 0 saturated carbocycles. The van der Waals surface area contributed by atoms with Crippen LogP contribution >= 0.6 is 0 Å². The summed E-state index contributed by atoms with van der Waals surface area (Å²) >= 11 is 0. The van der Waals surface area contributed by atoms with Crippen LogP contribution in [0.4, 0.5) is 23.2 Å². The molecule has 0 fully saturated rings. The van der Waals surface area contributed by atoms with Crippen molar-refractivity contribution in [3.63, 3.8) is 0 Å². The Hall–Kier alpha value is -3.47. The Kier molecular flexibility index (Phi) is 7.25. The zero-order valence-corrected chi connectivity index (χ0v) is 19.0. The fourth-order valence-corrected chi connectivity index (χ4v) is 3.77. The number of ether oxygens (including phenoxy) is 1. The van der Waals surface area contributed by atoms with E-state index in [2.05, 4.69) is 10.3 Å². The third-order valence-corrected chi connectivity index (χ3v) is 5.87. The number of amides is 1. The van der Waals surface area contributed by atoms with Crippen LogP contribution in [-0.2, 0) is 22.3 Å². The minimum Gasteiger partial charge on any atom is -0.438 e. The number of hydrogen-bond acceptors (Lipinski definition) is 5. The number of hydrogen-bond donors (Lipinski definition) is 2. The molecule has 0 aliphatic heterocycles. The van der Waals surface area contributed by atoms with Gasteiger partial charge in [0.2, 0.25) is 5.88 Å². The first-order valence-electron chi connectivity index (χ1n) is 10.1. The normalized spacial score (nSPS) is 13.2. The standard InChI is InChI=1S/C23H21F4N3O3S/c1-3-5-14-10-16(24)8-9-20(14)33-22-19(11-15(13-29-22)23(25,26)27)21(31)30-17-6-4-7-18(12-17)34(2,28)32/h4,6-13,28H,3,5H2,1-2H3,(H,30,31)/t34-/m1/s1. The number of carbonyl (C=O) groups excluding carboxylic acids is 1. The minimum atomic E-state index is -4.76. The molecule has 180 valence electrons. The molecule has 11 heteroatoms. The smallest absolute Gasteiger partial charge is 0.417 e. The second kappa shape index (κ2) is 9.80. The Morgan fingerprint density at radius 3 is 2.56 bits per heavy atom. The molecule has 0 radical (unpaired) electrons. The molecule has 0 aliphatic rings. The fourth-order valence-electron chi connectivity index (χ4n) is 3.08. The van der Waals surface area contributed by atoms with E-state index >= 15 is 0 Å². The molecule has 1 aromatic heterocycles. The van der Waals surface area contributed by atoms with Gasteiger partial charge in [0.05, 0.1) is 15.3 Å². The van der Waals surface area contributed by atoms with E-state index in [9.17, 15) is 26.6 Å². The van der Waals surface area contributed by atoms with Gasteiger partial charge in [-0.1, -0.05) is 19.4 Å². The molecule has 1 heterocycles. The number of alkyl halides is 3. The van der Waals surface area contributed by atoms with Crippen molar-refractivity contribution < 1.29 is 31.3 Å². The molecule has 0 unspecified atom stereocenters. The van der Waals surface area contributed by atoms with Gasteiger partial charge in [0, 0.05) is 23.0 Å². The van der Waals surface area contributed by atoms with Crippen molar-refractivity contribution in [3.05, 3.63) is 77.2 Å². The molecule has 0 aliphatic carbocycles. The molecular formula is C23H21F4N3O3S. The average molecular weight is 495 g/mol. The van der Waals surface area contributed by atoms with Crippen molar-refractivity contribution in [1.82, 2.24) is 4.98 Å². The van der Waals surface area contributed by atoms with E-state index in [1.165, 1.54) is 42.7 Å². The van der Waals surface area contributed by atoms with E-state index in [1.807, 2.05) is 6.92 Å². The predicted octanol–water partition coefficient (Wildman–Crippen LogP) is 6.27. The highest BCUT2D eigenvalue weighted by Gasteiger charge is 2.33. The summed E-state index contributed by atoms with van der Waals surface area (Å²) in [5.74, 6) is -1.70. The molecular weight excluding hydrogens is 474 g/mol. The Morgan fingerprint density at radius 1 is 1.18 bits per heavy atom. The van der Waals surface area contributed by atoms with Gasteiger partial charge in [0.1, 0.15) is 17.1 Å². The first-order valence-corrected chi connectivity index (χ1v) is 12.0. The van der Waals surface area contributed by atoms with Crippen LogP contribution in [0.2, 0.25) is 0 Å². The van der Waals surface area contributed by atoms with Crippen LogP contribution < -0.4 is 10.1 Å². The number of nitrogens with one attached hydrogen (secondary N) is 2. The average Bonchev–Trinajstić information content (AvgIpc) is 2.75. The molecule has 0 bridgehead atoms. The van der Waals surface area contributed by atoms with E-state index in [0.29, 0.717) is 30.7 Å². The second-order valence-electron chi connectivity index (χ2n) is 7.50. The first-order chi connectivity index (χ1) is 15.9. The number of rotatable bonds is 7. The van der Waals surface area contributed by atoms with Crippen LogP contribution in [0.25, 0.3) is 0 Å². The van der Waals surface area contributed by atoms with Gasteiger partial charge in [-0.2, -0.15) is 13.2 Å². The minimum absolute atomic E-state index is 0.126. The van der Waals surface area contributed by atoms with Crippen LogP contribution in [0, 0.1) is 10.6 Å². The van der Waals surface area contributed by atoms with Gasteiger partial charge in [-0.25, -0.2) is 18.4 Å². The molecule has 0 saturated heterocycles. The van der Waals surface area contributed by atoms with Gasteiger partial charge in [-0.15, -0.1) is 0 Å². The predicted molar refractivity (Wildman–Crippen MR) is 119 cm³/mol. The highest BCUT2D eigenvalue weighted by molar-refractivity contribution is 7.91. The van der Waals surface area contributed by atoms with E-state index in [-0.39, 0.29) is 16.3 Å². The van der Waals surface area contributed by atoms with Crippen LogP contribution in [0.3, 0.4) is 0 Å². The van der Waals surface area contributed by atoms with Crippen molar-refractivity contribution >= 4 is 21.3 Å². The van der Waals surface area contributed by atoms with E-state index in [4.69, 9.17) is 9.52 Å². The summed E-state index contributed by atoms with van der Waals surface area (Å²) in [7, 11) is -3.08. The number of aryl methyl sites for hydroxylation is 1. The summed E-state index contributed by atoms with van der Waals surface area (Å²) in [6, 6.07) is 9.94. The highest BCUT2D eigenvalue weighted by atomic mass is 32.2. The quantitative estimate of drug-likeness (QED) is 0.378. The lowest BCUT2D eigenvalue weighted by Crippen LogP contribution is -2.16. The number of benzene rings is 2. The summed E-state index contributed by atoms with van der Waals surface area (Å²) in [6.07, 6.45) is -1.93. The summed E-state index contributed by atoms with van der Waals surface area (Å²) in [6.45, 7) is 1.86. The zero-order chi connectivity index (χ0) is 25.1. The lowest BCUT2D eigenvalue weighted by molar-refractivity contribution is -0.137. The summed E-state index contributed by atoms with van der Waals surface area (Å²) in [5, 5.41) is 2.43. The number of aromatic nitrogens is 1. The second-order valence-corrected chi connectivity index (χ2v) is 9.66. The molecule has 1 atom stereocenters. The maximum Gasteiger partial charge on any atom is 0.417 e. The topological polar surface area (TPSA) is 92.1 Å². The van der Waals surface area contributed by atoms with E-state index in [0.717, 1.165) is 6.07 Å². The molecule has 2 aromatic carbocycles. The van der Waals surface area contributed by atoms with Crippen LogP contribution in [0.5, 0.6) is 11.6 Å². The van der Waals surface area contributed by atoms with Crippen LogP contribution in [0.15, 0.2) is 59.6 Å². The summed E-state index contributed by atoms with van der Waals surface area (Å²) in [4.78, 5) is 16.8. The van der Waals surface area contributed by atoms with Crippen molar-refractivity contribution in [2.24, 2.45) is 0 Å². The van der Waals surface area contributed by atoms with Crippen LogP contribution in [0.1, 0.15) is 34.8 Å². The maximum atomic E-state index is 13.7. The Balaban J connectivity index is 2.02. The monoisotopic (exact) mass is 495 g/mol. The van der Waals surface area contributed by atoms with Crippen molar-refractivity contribution in [2.45, 2.75) is 30.8 Å². The van der Waals surface area contributed by atoms with Crippen molar-refractivity contribution in [2.75, 3.05) is 11.6 Å². The first kappa shape index (κ1) is 25.2. The van der Waals surface area contributed by atoms with Gasteiger partial charge >= 0.3 is 6.18 Å². The molecule has 6 nitrogen and oxygen atoms in total. The fraction of sp³-hybridized carbons (Fsp3) is 0.217. The molecule has 3 aromatic rings. The van der Waals surface area contributed by atoms with Gasteiger partial charge in [-0.05, 0) is 54.4 Å². The maximum absolute atomic E-state index is 13.7. The molecule has 3 rings (SSSR count). The van der Waals surface area contributed by atoms with E-state index < -0.39 is 44.6 Å². The van der Waals surface area contributed by atoms with Gasteiger partial charge in [0.15, 0.2) is 0 Å². The highest BCUT2D eigenvalue weighted by Crippen LogP contribution is 2.34. The Labute approximate surface area is 194 Å². The summed E-state index contributed by atoms with van der Waals surface area (Å²) < 4.78 is 78.9. The molecule has 1 amide bonds. The van der Waals surface area contributed by atoms with Crippen molar-refractivity contribution in [1.29, 1.82) is 4.78 Å². The number of nitrogens with zero attached hydrogens (tertiary/aromatic N) is 1. The Bertz CT molecular complexity index is 1330. The van der Waals surface area contributed by atoms with Gasteiger partial charge in [0.25, 0.3) is 5.91 Å². The van der Waals surface area contributed by atoms with E-state index in [1.54, 1.807) is 0 Å². The van der Waals surface area contributed by atoms with Gasteiger partial charge < -0.3 is 10.1 Å².